The molecule has 0 fully saturated rings. The number of ether oxygens (including phenoxy) is 1. The Labute approximate surface area is 106 Å². The summed E-state index contributed by atoms with van der Waals surface area (Å²) in [4.78, 5) is 11.7. The van der Waals surface area contributed by atoms with E-state index < -0.39 is 5.97 Å². The standard InChI is InChI=1S/C13H17ClO3/c1-3-4-12(14)9(2)17-13(16)10-5-7-11(15)8-6-10/h5-9,12,15H,3-4H2,1-2H3. The average molecular weight is 257 g/mol. The molecule has 0 heterocycles. The number of esters is 1. The molecule has 0 spiro atoms. The lowest BCUT2D eigenvalue weighted by Crippen LogP contribution is -2.24. The third-order valence-corrected chi connectivity index (χ3v) is 3.04. The van der Waals surface area contributed by atoms with Crippen molar-refractivity contribution in [2.45, 2.75) is 38.2 Å². The molecule has 0 bridgehead atoms. The molecule has 0 saturated heterocycles. The molecule has 1 aromatic carbocycles. The van der Waals surface area contributed by atoms with Crippen molar-refractivity contribution in [2.24, 2.45) is 0 Å². The summed E-state index contributed by atoms with van der Waals surface area (Å²) in [5.41, 5.74) is 0.412. The number of hydrogen-bond acceptors (Lipinski definition) is 3. The fourth-order valence-corrected chi connectivity index (χ4v) is 1.69. The van der Waals surface area contributed by atoms with Crippen LogP contribution in [0.4, 0.5) is 0 Å². The summed E-state index contributed by atoms with van der Waals surface area (Å²) in [6.07, 6.45) is 1.44. The number of rotatable bonds is 5. The van der Waals surface area contributed by atoms with Crippen molar-refractivity contribution in [3.05, 3.63) is 29.8 Å². The molecule has 0 radical (unpaired) electrons. The van der Waals surface area contributed by atoms with Crippen LogP contribution in [0.15, 0.2) is 24.3 Å². The van der Waals surface area contributed by atoms with Gasteiger partial charge < -0.3 is 9.84 Å². The lowest BCUT2D eigenvalue weighted by molar-refractivity contribution is 0.0328. The van der Waals surface area contributed by atoms with Crippen molar-refractivity contribution in [2.75, 3.05) is 0 Å². The second-order valence-corrected chi connectivity index (χ2v) is 4.52. The molecular formula is C13H17ClO3. The molecule has 0 amide bonds. The van der Waals surface area contributed by atoms with E-state index in [9.17, 15) is 4.79 Å². The Morgan fingerprint density at radius 2 is 2.00 bits per heavy atom. The summed E-state index contributed by atoms with van der Waals surface area (Å²) >= 11 is 6.07. The molecule has 0 aromatic heterocycles. The van der Waals surface area contributed by atoms with E-state index in [0.29, 0.717) is 5.56 Å². The van der Waals surface area contributed by atoms with Gasteiger partial charge in [-0.05, 0) is 37.6 Å². The number of hydrogen-bond donors (Lipinski definition) is 1. The molecule has 0 saturated carbocycles. The van der Waals surface area contributed by atoms with E-state index >= 15 is 0 Å². The molecule has 3 nitrogen and oxygen atoms in total. The lowest BCUT2D eigenvalue weighted by atomic mass is 10.1. The topological polar surface area (TPSA) is 46.5 Å². The quantitative estimate of drug-likeness (QED) is 0.649. The summed E-state index contributed by atoms with van der Waals surface area (Å²) in [6.45, 7) is 3.82. The van der Waals surface area contributed by atoms with E-state index in [1.807, 2.05) is 6.92 Å². The maximum absolute atomic E-state index is 11.7. The fourth-order valence-electron chi connectivity index (χ4n) is 1.42. The number of halogens is 1. The first-order valence-corrected chi connectivity index (χ1v) is 6.12. The van der Waals surface area contributed by atoms with Crippen LogP contribution in [0, 0.1) is 0 Å². The largest absolute Gasteiger partial charge is 0.508 e. The first-order valence-electron chi connectivity index (χ1n) is 5.68. The minimum absolute atomic E-state index is 0.121. The summed E-state index contributed by atoms with van der Waals surface area (Å²) in [5.74, 6) is -0.296. The average Bonchev–Trinajstić information content (AvgIpc) is 2.30. The van der Waals surface area contributed by atoms with Gasteiger partial charge in [0.15, 0.2) is 0 Å². The highest BCUT2D eigenvalue weighted by Gasteiger charge is 2.18. The van der Waals surface area contributed by atoms with E-state index in [4.69, 9.17) is 21.4 Å². The minimum atomic E-state index is -0.417. The Morgan fingerprint density at radius 1 is 1.41 bits per heavy atom. The zero-order valence-corrected chi connectivity index (χ0v) is 10.8. The molecule has 0 aliphatic rings. The number of aromatic hydroxyl groups is 1. The van der Waals surface area contributed by atoms with E-state index in [1.165, 1.54) is 24.3 Å². The number of alkyl halides is 1. The van der Waals surface area contributed by atoms with Gasteiger partial charge in [-0.15, -0.1) is 11.6 Å². The summed E-state index contributed by atoms with van der Waals surface area (Å²) < 4.78 is 5.24. The van der Waals surface area contributed by atoms with Crippen LogP contribution in [0.5, 0.6) is 5.75 Å². The maximum Gasteiger partial charge on any atom is 0.338 e. The van der Waals surface area contributed by atoms with Crippen molar-refractivity contribution >= 4 is 17.6 Å². The van der Waals surface area contributed by atoms with E-state index in [0.717, 1.165) is 12.8 Å². The van der Waals surface area contributed by atoms with Crippen molar-refractivity contribution < 1.29 is 14.6 Å². The lowest BCUT2D eigenvalue weighted by Gasteiger charge is -2.18. The summed E-state index contributed by atoms with van der Waals surface area (Å²) in [5, 5.41) is 8.94. The SMILES string of the molecule is CCCC(Cl)C(C)OC(=O)c1ccc(O)cc1. The molecule has 1 aromatic rings. The van der Waals surface area contributed by atoms with Crippen LogP contribution in [0.2, 0.25) is 0 Å². The number of phenolic OH excluding ortho intramolecular Hbond substituents is 1. The van der Waals surface area contributed by atoms with E-state index in [-0.39, 0.29) is 17.2 Å². The van der Waals surface area contributed by atoms with Gasteiger partial charge in [0.05, 0.1) is 10.9 Å². The second-order valence-electron chi connectivity index (χ2n) is 3.96. The second kappa shape index (κ2) is 6.50. The zero-order chi connectivity index (χ0) is 12.8. The number of benzene rings is 1. The molecule has 2 unspecified atom stereocenters. The summed E-state index contributed by atoms with van der Waals surface area (Å²) in [6, 6.07) is 5.94. The van der Waals surface area contributed by atoms with Crippen LogP contribution in [0.3, 0.4) is 0 Å². The van der Waals surface area contributed by atoms with Gasteiger partial charge in [-0.2, -0.15) is 0 Å². The molecule has 1 N–H and O–H groups in total. The Bertz CT molecular complexity index is 361. The number of carbonyl (C=O) groups excluding carboxylic acids is 1. The van der Waals surface area contributed by atoms with Gasteiger partial charge in [-0.3, -0.25) is 0 Å². The Kier molecular flexibility index (Phi) is 5.29. The predicted octanol–water partition coefficient (Wildman–Crippen LogP) is 3.35. The smallest absolute Gasteiger partial charge is 0.338 e. The van der Waals surface area contributed by atoms with Crippen LogP contribution in [0.25, 0.3) is 0 Å². The van der Waals surface area contributed by atoms with Gasteiger partial charge in [-0.25, -0.2) is 4.79 Å². The van der Waals surface area contributed by atoms with Crippen LogP contribution < -0.4 is 0 Å². The Morgan fingerprint density at radius 3 is 2.53 bits per heavy atom. The minimum Gasteiger partial charge on any atom is -0.508 e. The van der Waals surface area contributed by atoms with Crippen LogP contribution in [-0.4, -0.2) is 22.6 Å². The van der Waals surface area contributed by atoms with Crippen molar-refractivity contribution in [1.82, 2.24) is 0 Å². The number of carbonyl (C=O) groups is 1. The third kappa shape index (κ3) is 4.27. The molecule has 1 rings (SSSR count). The molecular weight excluding hydrogens is 240 g/mol. The summed E-state index contributed by atoms with van der Waals surface area (Å²) in [7, 11) is 0. The van der Waals surface area contributed by atoms with Gasteiger partial charge in [0.1, 0.15) is 11.9 Å². The molecule has 0 aliphatic carbocycles. The highest BCUT2D eigenvalue weighted by molar-refractivity contribution is 6.21. The number of phenols is 1. The highest BCUT2D eigenvalue weighted by Crippen LogP contribution is 2.16. The van der Waals surface area contributed by atoms with Gasteiger partial charge >= 0.3 is 5.97 Å². The molecule has 17 heavy (non-hydrogen) atoms. The van der Waals surface area contributed by atoms with Gasteiger partial charge in [-0.1, -0.05) is 13.3 Å². The van der Waals surface area contributed by atoms with Crippen molar-refractivity contribution in [3.8, 4) is 5.75 Å². The third-order valence-electron chi connectivity index (χ3n) is 2.47. The van der Waals surface area contributed by atoms with Gasteiger partial charge in [0.25, 0.3) is 0 Å². The predicted molar refractivity (Wildman–Crippen MR) is 67.5 cm³/mol. The highest BCUT2D eigenvalue weighted by atomic mass is 35.5. The monoisotopic (exact) mass is 256 g/mol. The first kappa shape index (κ1) is 13.8. The van der Waals surface area contributed by atoms with Crippen molar-refractivity contribution in [3.63, 3.8) is 0 Å². The Balaban J connectivity index is 2.57. The van der Waals surface area contributed by atoms with Gasteiger partial charge in [0.2, 0.25) is 0 Å². The maximum atomic E-state index is 11.7. The molecule has 0 aliphatic heterocycles. The van der Waals surface area contributed by atoms with E-state index in [1.54, 1.807) is 6.92 Å². The first-order chi connectivity index (χ1) is 8.04. The molecule has 4 heteroatoms. The van der Waals surface area contributed by atoms with Crippen LogP contribution >= 0.6 is 11.6 Å². The normalized spacial score (nSPS) is 14.1. The van der Waals surface area contributed by atoms with Gasteiger partial charge in [0, 0.05) is 0 Å². The van der Waals surface area contributed by atoms with Crippen LogP contribution in [-0.2, 0) is 4.74 Å². The zero-order valence-electron chi connectivity index (χ0n) is 10.0. The van der Waals surface area contributed by atoms with E-state index in [2.05, 4.69) is 0 Å². The fraction of sp³-hybridized carbons (Fsp3) is 0.462. The van der Waals surface area contributed by atoms with Crippen molar-refractivity contribution in [1.29, 1.82) is 0 Å². The molecule has 94 valence electrons. The Hall–Kier alpha value is -1.22. The molecule has 2 atom stereocenters. The van der Waals surface area contributed by atoms with Crippen LogP contribution in [0.1, 0.15) is 37.0 Å².